The summed E-state index contributed by atoms with van der Waals surface area (Å²) in [6, 6.07) is 0.151. The van der Waals surface area contributed by atoms with Crippen molar-refractivity contribution in [2.45, 2.75) is 83.8 Å². The van der Waals surface area contributed by atoms with Crippen molar-refractivity contribution in [2.24, 2.45) is 5.11 Å². The highest BCUT2D eigenvalue weighted by atomic mass is 16.3. The lowest BCUT2D eigenvalue weighted by Gasteiger charge is -2.08. The van der Waals surface area contributed by atoms with Crippen molar-refractivity contribution in [2.75, 3.05) is 0 Å². The first kappa shape index (κ1) is 18.0. The van der Waals surface area contributed by atoms with Crippen molar-refractivity contribution in [1.29, 1.82) is 0 Å². The molecule has 0 bridgehead atoms. The van der Waals surface area contributed by atoms with Gasteiger partial charge in [0.25, 0.3) is 0 Å². The summed E-state index contributed by atoms with van der Waals surface area (Å²) in [4.78, 5) is 2.90. The van der Waals surface area contributed by atoms with E-state index >= 15 is 0 Å². The van der Waals surface area contributed by atoms with Gasteiger partial charge in [-0.2, -0.15) is 0 Å². The lowest BCUT2D eigenvalue weighted by Crippen LogP contribution is -2.04. The third kappa shape index (κ3) is 11.8. The number of allylic oxidation sites excluding steroid dienone is 1. The minimum Gasteiger partial charge on any atom is -0.393 e. The Morgan fingerprint density at radius 1 is 1.11 bits per heavy atom. The van der Waals surface area contributed by atoms with Crippen molar-refractivity contribution in [3.8, 4) is 0 Å². The number of rotatable bonds is 12. The SMILES string of the molecule is CCCC[C@H](O)C/C=C/CCC[C@@H](CCC)N=[N+]=[N-]. The van der Waals surface area contributed by atoms with Gasteiger partial charge < -0.3 is 5.11 Å². The largest absolute Gasteiger partial charge is 0.393 e. The van der Waals surface area contributed by atoms with Crippen molar-refractivity contribution in [3.63, 3.8) is 0 Å². The van der Waals surface area contributed by atoms with Crippen LogP contribution in [0.4, 0.5) is 0 Å². The van der Waals surface area contributed by atoms with Crippen LogP contribution < -0.4 is 0 Å². The molecule has 110 valence electrons. The predicted octanol–water partition coefficient (Wildman–Crippen LogP) is 5.13. The topological polar surface area (TPSA) is 69.0 Å². The molecule has 4 heteroatoms. The maximum Gasteiger partial charge on any atom is 0.0574 e. The van der Waals surface area contributed by atoms with E-state index in [0.29, 0.717) is 0 Å². The smallest absolute Gasteiger partial charge is 0.0574 e. The fourth-order valence-electron chi connectivity index (χ4n) is 2.07. The molecule has 0 heterocycles. The minimum absolute atomic E-state index is 0.151. The zero-order valence-corrected chi connectivity index (χ0v) is 12.5. The van der Waals surface area contributed by atoms with E-state index in [-0.39, 0.29) is 12.1 Å². The molecular weight excluding hydrogens is 238 g/mol. The van der Waals surface area contributed by atoms with Gasteiger partial charge in [0.05, 0.1) is 6.10 Å². The van der Waals surface area contributed by atoms with E-state index < -0.39 is 0 Å². The second-order valence-corrected chi connectivity index (χ2v) is 5.08. The Labute approximate surface area is 117 Å². The molecule has 1 N–H and O–H groups in total. The van der Waals surface area contributed by atoms with Gasteiger partial charge in [-0.05, 0) is 44.1 Å². The molecule has 0 spiro atoms. The fourth-order valence-corrected chi connectivity index (χ4v) is 2.07. The van der Waals surface area contributed by atoms with Gasteiger partial charge >= 0.3 is 0 Å². The molecular formula is C15H29N3O. The normalized spacial score (nSPS) is 14.3. The van der Waals surface area contributed by atoms with E-state index in [9.17, 15) is 5.11 Å². The van der Waals surface area contributed by atoms with Crippen LogP contribution in [0.25, 0.3) is 10.4 Å². The lowest BCUT2D eigenvalue weighted by molar-refractivity contribution is 0.164. The average molecular weight is 267 g/mol. The summed E-state index contributed by atoms with van der Waals surface area (Å²) in [6.45, 7) is 4.25. The van der Waals surface area contributed by atoms with Crippen LogP contribution in [0.2, 0.25) is 0 Å². The van der Waals surface area contributed by atoms with Gasteiger partial charge in [-0.15, -0.1) is 0 Å². The van der Waals surface area contributed by atoms with Crippen LogP contribution in [0.1, 0.15) is 71.6 Å². The van der Waals surface area contributed by atoms with Crippen LogP contribution in [0.15, 0.2) is 17.3 Å². The van der Waals surface area contributed by atoms with E-state index in [1.807, 2.05) is 0 Å². The number of hydrogen-bond acceptors (Lipinski definition) is 2. The van der Waals surface area contributed by atoms with E-state index in [4.69, 9.17) is 5.53 Å². The highest BCUT2D eigenvalue weighted by Gasteiger charge is 2.03. The van der Waals surface area contributed by atoms with Gasteiger partial charge in [-0.25, -0.2) is 0 Å². The molecule has 0 fully saturated rings. The standard InChI is InChI=1S/C15H29N3O/c1-3-5-12-15(19)13-9-7-6-8-11-14(10-4-2)17-18-16/h7,9,14-15,19H,3-6,8,10-13H2,1-2H3/b9-7+/t14-,15+/m1/s1. The van der Waals surface area contributed by atoms with Crippen LogP contribution in [-0.2, 0) is 0 Å². The molecule has 0 radical (unpaired) electrons. The van der Waals surface area contributed by atoms with Gasteiger partial charge in [0.2, 0.25) is 0 Å². The van der Waals surface area contributed by atoms with E-state index in [0.717, 1.165) is 57.8 Å². The molecule has 2 atom stereocenters. The quantitative estimate of drug-likeness (QED) is 0.172. The van der Waals surface area contributed by atoms with E-state index in [2.05, 4.69) is 36.0 Å². The second-order valence-electron chi connectivity index (χ2n) is 5.08. The fraction of sp³-hybridized carbons (Fsp3) is 0.867. The Morgan fingerprint density at radius 3 is 2.53 bits per heavy atom. The number of azide groups is 1. The molecule has 0 saturated carbocycles. The Morgan fingerprint density at radius 2 is 1.89 bits per heavy atom. The predicted molar refractivity (Wildman–Crippen MR) is 81.0 cm³/mol. The van der Waals surface area contributed by atoms with Crippen LogP contribution >= 0.6 is 0 Å². The first-order chi connectivity index (χ1) is 9.24. The third-order valence-corrected chi connectivity index (χ3v) is 3.21. The Balaban J connectivity index is 3.63. The molecule has 0 rings (SSSR count). The van der Waals surface area contributed by atoms with Gasteiger partial charge in [0, 0.05) is 11.0 Å². The molecule has 19 heavy (non-hydrogen) atoms. The molecule has 0 aliphatic carbocycles. The average Bonchev–Trinajstić information content (AvgIpc) is 2.40. The summed E-state index contributed by atoms with van der Waals surface area (Å²) >= 11 is 0. The zero-order chi connectivity index (χ0) is 14.3. The Hall–Kier alpha value is -0.990. The summed E-state index contributed by atoms with van der Waals surface area (Å²) in [5.41, 5.74) is 8.45. The Kier molecular flexibility index (Phi) is 12.7. The maximum atomic E-state index is 9.66. The number of aliphatic hydroxyl groups excluding tert-OH is 1. The molecule has 0 aromatic carbocycles. The Bertz CT molecular complexity index is 273. The zero-order valence-electron chi connectivity index (χ0n) is 12.5. The molecule has 0 aromatic rings. The molecule has 0 saturated heterocycles. The molecule has 0 unspecified atom stereocenters. The lowest BCUT2D eigenvalue weighted by atomic mass is 10.1. The van der Waals surface area contributed by atoms with Crippen LogP contribution in [0, 0.1) is 0 Å². The van der Waals surface area contributed by atoms with Crippen molar-refractivity contribution < 1.29 is 5.11 Å². The summed E-state index contributed by atoms with van der Waals surface area (Å²) in [7, 11) is 0. The third-order valence-electron chi connectivity index (χ3n) is 3.21. The highest BCUT2D eigenvalue weighted by molar-refractivity contribution is 4.84. The summed E-state index contributed by atoms with van der Waals surface area (Å²) < 4.78 is 0. The first-order valence-electron chi connectivity index (χ1n) is 7.61. The summed E-state index contributed by atoms with van der Waals surface area (Å²) in [5.74, 6) is 0. The molecule has 0 aromatic heterocycles. The minimum atomic E-state index is -0.188. The second kappa shape index (κ2) is 13.4. The van der Waals surface area contributed by atoms with Gasteiger partial charge in [-0.1, -0.05) is 50.4 Å². The highest BCUT2D eigenvalue weighted by Crippen LogP contribution is 2.12. The molecule has 0 aliphatic rings. The number of hydrogen-bond donors (Lipinski definition) is 1. The van der Waals surface area contributed by atoms with Gasteiger partial charge in [-0.3, -0.25) is 0 Å². The monoisotopic (exact) mass is 267 g/mol. The van der Waals surface area contributed by atoms with Crippen LogP contribution in [0.5, 0.6) is 0 Å². The van der Waals surface area contributed by atoms with Crippen molar-refractivity contribution in [3.05, 3.63) is 22.6 Å². The van der Waals surface area contributed by atoms with Crippen molar-refractivity contribution >= 4 is 0 Å². The van der Waals surface area contributed by atoms with Crippen molar-refractivity contribution in [1.82, 2.24) is 0 Å². The molecule has 0 amide bonds. The molecule has 4 nitrogen and oxygen atoms in total. The number of unbranched alkanes of at least 4 members (excludes halogenated alkanes) is 2. The van der Waals surface area contributed by atoms with Crippen LogP contribution in [-0.4, -0.2) is 17.3 Å². The molecule has 0 aliphatic heterocycles. The number of aliphatic hydroxyl groups is 1. The van der Waals surface area contributed by atoms with Gasteiger partial charge in [0.1, 0.15) is 0 Å². The summed E-state index contributed by atoms with van der Waals surface area (Å²) in [6.07, 6.45) is 13.0. The van der Waals surface area contributed by atoms with E-state index in [1.165, 1.54) is 0 Å². The first-order valence-corrected chi connectivity index (χ1v) is 7.61. The van der Waals surface area contributed by atoms with Crippen LogP contribution in [0.3, 0.4) is 0 Å². The van der Waals surface area contributed by atoms with E-state index in [1.54, 1.807) is 0 Å². The summed E-state index contributed by atoms with van der Waals surface area (Å²) in [5, 5.41) is 13.5. The maximum absolute atomic E-state index is 9.66. The number of nitrogens with zero attached hydrogens (tertiary/aromatic N) is 3. The van der Waals surface area contributed by atoms with Gasteiger partial charge in [0.15, 0.2) is 0 Å².